The van der Waals surface area contributed by atoms with Crippen LogP contribution in [0.15, 0.2) is 30.3 Å². The van der Waals surface area contributed by atoms with Gasteiger partial charge in [-0.05, 0) is 38.3 Å². The lowest BCUT2D eigenvalue weighted by molar-refractivity contribution is 0.489. The highest BCUT2D eigenvalue weighted by atomic mass is 15.3. The fourth-order valence-electron chi connectivity index (χ4n) is 2.52. The fraction of sp³-hybridized carbons (Fsp3) is 0.438. The number of rotatable bonds is 6. The zero-order chi connectivity index (χ0) is 14.5. The Morgan fingerprint density at radius 3 is 2.70 bits per heavy atom. The molecular formula is C16H24N4. The van der Waals surface area contributed by atoms with Crippen LogP contribution in [0.2, 0.25) is 0 Å². The second-order valence-electron chi connectivity index (χ2n) is 5.14. The molecule has 0 saturated carbocycles. The summed E-state index contributed by atoms with van der Waals surface area (Å²) in [5.41, 5.74) is 7.78. The van der Waals surface area contributed by atoms with Crippen LogP contribution in [0.5, 0.6) is 0 Å². The zero-order valence-electron chi connectivity index (χ0n) is 12.6. The first-order valence-electron chi connectivity index (χ1n) is 7.26. The van der Waals surface area contributed by atoms with E-state index in [1.165, 1.54) is 11.1 Å². The minimum atomic E-state index is 0.0875. The highest BCUT2D eigenvalue weighted by Crippen LogP contribution is 2.20. The molecule has 4 heteroatoms. The maximum atomic E-state index is 5.77. The van der Waals surface area contributed by atoms with Crippen molar-refractivity contribution in [2.24, 2.45) is 5.84 Å². The van der Waals surface area contributed by atoms with Crippen molar-refractivity contribution in [2.45, 2.75) is 46.2 Å². The minimum Gasteiger partial charge on any atom is -0.271 e. The van der Waals surface area contributed by atoms with Crippen LogP contribution < -0.4 is 11.3 Å². The number of benzene rings is 1. The van der Waals surface area contributed by atoms with E-state index in [0.717, 1.165) is 30.8 Å². The molecule has 1 aromatic heterocycles. The van der Waals surface area contributed by atoms with Gasteiger partial charge in [0.25, 0.3) is 0 Å². The first kappa shape index (κ1) is 14.8. The van der Waals surface area contributed by atoms with E-state index in [4.69, 9.17) is 5.84 Å². The fourth-order valence-corrected chi connectivity index (χ4v) is 2.52. The number of hydrogen-bond acceptors (Lipinski definition) is 3. The summed E-state index contributed by atoms with van der Waals surface area (Å²) in [6, 6.07) is 10.8. The van der Waals surface area contributed by atoms with E-state index in [-0.39, 0.29) is 6.04 Å². The van der Waals surface area contributed by atoms with E-state index in [1.54, 1.807) is 0 Å². The highest BCUT2D eigenvalue weighted by molar-refractivity contribution is 5.25. The Bertz CT molecular complexity index is 559. The molecule has 2 aromatic rings. The molecule has 108 valence electrons. The molecule has 1 unspecified atom stereocenters. The van der Waals surface area contributed by atoms with Gasteiger partial charge in [-0.2, -0.15) is 5.10 Å². The molecule has 0 radical (unpaired) electrons. The molecule has 0 bridgehead atoms. The zero-order valence-corrected chi connectivity index (χ0v) is 12.6. The van der Waals surface area contributed by atoms with E-state index in [1.807, 2.05) is 4.68 Å². The number of hydrazine groups is 1. The van der Waals surface area contributed by atoms with Gasteiger partial charge in [-0.15, -0.1) is 0 Å². The van der Waals surface area contributed by atoms with Gasteiger partial charge in [-0.3, -0.25) is 16.0 Å². The van der Waals surface area contributed by atoms with Crippen molar-refractivity contribution in [1.29, 1.82) is 0 Å². The molecule has 2 rings (SSSR count). The number of nitrogens with zero attached hydrogens (tertiary/aromatic N) is 2. The number of nitrogens with one attached hydrogen (secondary N) is 1. The molecule has 0 aliphatic rings. The van der Waals surface area contributed by atoms with Gasteiger partial charge < -0.3 is 0 Å². The van der Waals surface area contributed by atoms with Crippen molar-refractivity contribution in [1.82, 2.24) is 15.2 Å². The smallest absolute Gasteiger partial charge is 0.0669 e. The van der Waals surface area contributed by atoms with Crippen molar-refractivity contribution in [3.63, 3.8) is 0 Å². The maximum Gasteiger partial charge on any atom is 0.0669 e. The van der Waals surface area contributed by atoms with E-state index in [0.29, 0.717) is 0 Å². The molecule has 4 nitrogen and oxygen atoms in total. The largest absolute Gasteiger partial charge is 0.271 e. The van der Waals surface area contributed by atoms with E-state index in [9.17, 15) is 0 Å². The molecule has 1 atom stereocenters. The Balaban J connectivity index is 2.25. The monoisotopic (exact) mass is 272 g/mol. The van der Waals surface area contributed by atoms with Crippen LogP contribution in [-0.2, 0) is 19.4 Å². The molecule has 20 heavy (non-hydrogen) atoms. The van der Waals surface area contributed by atoms with Crippen LogP contribution in [0.25, 0.3) is 0 Å². The third-order valence-corrected chi connectivity index (χ3v) is 3.60. The number of aryl methyl sites for hydroxylation is 3. The number of hydrogen-bond donors (Lipinski definition) is 2. The van der Waals surface area contributed by atoms with Gasteiger partial charge in [-0.1, -0.05) is 36.8 Å². The average molecular weight is 272 g/mol. The third kappa shape index (κ3) is 3.26. The molecule has 3 N–H and O–H groups in total. The van der Waals surface area contributed by atoms with E-state index in [2.05, 4.69) is 61.6 Å². The van der Waals surface area contributed by atoms with Crippen LogP contribution in [0.1, 0.15) is 42.4 Å². The van der Waals surface area contributed by atoms with Gasteiger partial charge in [0.1, 0.15) is 0 Å². The summed E-state index contributed by atoms with van der Waals surface area (Å²) in [4.78, 5) is 0. The second-order valence-corrected chi connectivity index (χ2v) is 5.14. The van der Waals surface area contributed by atoms with Crippen molar-refractivity contribution in [2.75, 3.05) is 0 Å². The van der Waals surface area contributed by atoms with Crippen LogP contribution >= 0.6 is 0 Å². The third-order valence-electron chi connectivity index (χ3n) is 3.60. The molecule has 1 heterocycles. The molecule has 0 amide bonds. The Labute approximate surface area is 121 Å². The van der Waals surface area contributed by atoms with Crippen LogP contribution in [0.3, 0.4) is 0 Å². The standard InChI is InChI=1S/C16H24N4/c1-4-14-11-16(20(5-2)19-14)15(18-17)10-13-8-6-7-12(3)9-13/h6-9,11,15,18H,4-5,10,17H2,1-3H3. The van der Waals surface area contributed by atoms with Crippen LogP contribution in [0.4, 0.5) is 0 Å². The molecule has 0 aliphatic heterocycles. The summed E-state index contributed by atoms with van der Waals surface area (Å²) in [6.45, 7) is 7.20. The van der Waals surface area contributed by atoms with Crippen molar-refractivity contribution in [3.8, 4) is 0 Å². The predicted octanol–water partition coefficient (Wildman–Crippen LogP) is 2.52. The molecule has 0 fully saturated rings. The van der Waals surface area contributed by atoms with Gasteiger partial charge >= 0.3 is 0 Å². The lowest BCUT2D eigenvalue weighted by atomic mass is 10.0. The number of nitrogens with two attached hydrogens (primary N) is 1. The quantitative estimate of drug-likeness (QED) is 0.627. The van der Waals surface area contributed by atoms with Crippen molar-refractivity contribution >= 4 is 0 Å². The summed E-state index contributed by atoms with van der Waals surface area (Å²) in [7, 11) is 0. The van der Waals surface area contributed by atoms with E-state index >= 15 is 0 Å². The van der Waals surface area contributed by atoms with Gasteiger partial charge in [0.2, 0.25) is 0 Å². The SMILES string of the molecule is CCc1cc(C(Cc2cccc(C)c2)NN)n(CC)n1. The molecule has 0 spiro atoms. The summed E-state index contributed by atoms with van der Waals surface area (Å²) >= 11 is 0. The predicted molar refractivity (Wildman–Crippen MR) is 82.2 cm³/mol. The Hall–Kier alpha value is -1.65. The molecule has 1 aromatic carbocycles. The summed E-state index contributed by atoms with van der Waals surface area (Å²) in [5.74, 6) is 5.77. The van der Waals surface area contributed by atoms with Crippen LogP contribution in [-0.4, -0.2) is 9.78 Å². The van der Waals surface area contributed by atoms with Gasteiger partial charge in [0.15, 0.2) is 0 Å². The maximum absolute atomic E-state index is 5.77. The van der Waals surface area contributed by atoms with Gasteiger partial charge in [-0.25, -0.2) is 0 Å². The first-order valence-corrected chi connectivity index (χ1v) is 7.26. The molecule has 0 aliphatic carbocycles. The van der Waals surface area contributed by atoms with Crippen molar-refractivity contribution in [3.05, 3.63) is 52.8 Å². The average Bonchev–Trinajstić information content (AvgIpc) is 2.88. The molecule has 0 saturated heterocycles. The lowest BCUT2D eigenvalue weighted by Crippen LogP contribution is -2.31. The summed E-state index contributed by atoms with van der Waals surface area (Å²) in [5, 5.41) is 4.60. The topological polar surface area (TPSA) is 55.9 Å². The minimum absolute atomic E-state index is 0.0875. The number of aromatic nitrogens is 2. The first-order chi connectivity index (χ1) is 9.67. The van der Waals surface area contributed by atoms with Crippen molar-refractivity contribution < 1.29 is 0 Å². The highest BCUT2D eigenvalue weighted by Gasteiger charge is 2.16. The van der Waals surface area contributed by atoms with Gasteiger partial charge in [0, 0.05) is 6.54 Å². The Morgan fingerprint density at radius 2 is 2.10 bits per heavy atom. The lowest BCUT2D eigenvalue weighted by Gasteiger charge is -2.17. The summed E-state index contributed by atoms with van der Waals surface area (Å²) in [6.07, 6.45) is 1.81. The second kappa shape index (κ2) is 6.68. The molecular weight excluding hydrogens is 248 g/mol. The summed E-state index contributed by atoms with van der Waals surface area (Å²) < 4.78 is 2.04. The van der Waals surface area contributed by atoms with Gasteiger partial charge in [0.05, 0.1) is 17.4 Å². The Kier molecular flexibility index (Phi) is 4.93. The van der Waals surface area contributed by atoms with E-state index < -0.39 is 0 Å². The van der Waals surface area contributed by atoms with Crippen LogP contribution in [0, 0.1) is 6.92 Å². The normalized spacial score (nSPS) is 12.6. The Morgan fingerprint density at radius 1 is 1.30 bits per heavy atom.